The van der Waals surface area contributed by atoms with Crippen LogP contribution in [0.5, 0.6) is 5.88 Å². The van der Waals surface area contributed by atoms with Crippen molar-refractivity contribution in [2.75, 3.05) is 6.61 Å². The number of ketones is 1. The molecular weight excluding hydrogens is 363 g/mol. The predicted octanol–water partition coefficient (Wildman–Crippen LogP) is 2.87. The number of halogens is 3. The maximum atomic E-state index is 12.2. The Kier molecular flexibility index (Phi) is 6.86. The maximum Gasteiger partial charge on any atom is 0.422 e. The molecule has 0 spiro atoms. The van der Waals surface area contributed by atoms with Crippen molar-refractivity contribution in [3.05, 3.63) is 53.5 Å². The van der Waals surface area contributed by atoms with E-state index in [0.29, 0.717) is 23.2 Å². The van der Waals surface area contributed by atoms with Gasteiger partial charge in [-0.05, 0) is 23.8 Å². The molecule has 0 saturated heterocycles. The highest BCUT2D eigenvalue weighted by Gasteiger charge is 2.28. The molecule has 0 aliphatic carbocycles. The van der Waals surface area contributed by atoms with Crippen molar-refractivity contribution in [2.24, 2.45) is 0 Å². The van der Waals surface area contributed by atoms with Crippen molar-refractivity contribution >= 4 is 11.7 Å². The van der Waals surface area contributed by atoms with E-state index in [2.05, 4.69) is 20.0 Å². The molecule has 2 aromatic heterocycles. The van der Waals surface area contributed by atoms with Gasteiger partial charge in [0.2, 0.25) is 5.88 Å². The Hall–Kier alpha value is -2.97. The molecule has 6 nitrogen and oxygen atoms in total. The summed E-state index contributed by atoms with van der Waals surface area (Å²) in [7, 11) is 0. The summed E-state index contributed by atoms with van der Waals surface area (Å²) in [6, 6.07) is 5.93. The van der Waals surface area contributed by atoms with Gasteiger partial charge < -0.3 is 10.1 Å². The number of hydrogen-bond donors (Lipinski definition) is 1. The van der Waals surface area contributed by atoms with Crippen LogP contribution in [0.25, 0.3) is 0 Å². The molecule has 0 unspecified atom stereocenters. The van der Waals surface area contributed by atoms with Crippen LogP contribution in [0, 0.1) is 0 Å². The minimum absolute atomic E-state index is 0.0169. The van der Waals surface area contributed by atoms with Gasteiger partial charge in [0.1, 0.15) is 5.78 Å². The fourth-order valence-corrected chi connectivity index (χ4v) is 2.12. The molecule has 0 radical (unpaired) electrons. The first kappa shape index (κ1) is 20.3. The van der Waals surface area contributed by atoms with Crippen LogP contribution in [0.4, 0.5) is 13.2 Å². The van der Waals surface area contributed by atoms with Gasteiger partial charge in [0.05, 0.1) is 0 Å². The van der Waals surface area contributed by atoms with E-state index < -0.39 is 18.7 Å². The maximum absolute atomic E-state index is 12.2. The predicted molar refractivity (Wildman–Crippen MR) is 90.2 cm³/mol. The number of amides is 1. The Bertz CT molecular complexity index is 810. The number of carbonyl (C=O) groups is 2. The van der Waals surface area contributed by atoms with Gasteiger partial charge in [-0.3, -0.25) is 14.6 Å². The van der Waals surface area contributed by atoms with E-state index in [4.69, 9.17) is 0 Å². The number of Topliss-reactive ketones (excluding diaryl/α,β-unsaturated/α-hetero) is 1. The topological polar surface area (TPSA) is 81.2 Å². The summed E-state index contributed by atoms with van der Waals surface area (Å²) in [5.41, 5.74) is 1.37. The van der Waals surface area contributed by atoms with Crippen LogP contribution in [0.2, 0.25) is 0 Å². The van der Waals surface area contributed by atoms with Gasteiger partial charge in [-0.1, -0.05) is 6.92 Å². The van der Waals surface area contributed by atoms with E-state index >= 15 is 0 Å². The second kappa shape index (κ2) is 9.11. The Morgan fingerprint density at radius 2 is 1.89 bits per heavy atom. The van der Waals surface area contributed by atoms with Crippen LogP contribution < -0.4 is 10.1 Å². The van der Waals surface area contributed by atoms with E-state index in [9.17, 15) is 22.8 Å². The highest BCUT2D eigenvalue weighted by Crippen LogP contribution is 2.17. The molecule has 0 atom stereocenters. The van der Waals surface area contributed by atoms with Crippen molar-refractivity contribution in [3.8, 4) is 5.88 Å². The monoisotopic (exact) mass is 381 g/mol. The second-order valence-corrected chi connectivity index (χ2v) is 5.69. The first-order valence-electron chi connectivity index (χ1n) is 8.16. The highest BCUT2D eigenvalue weighted by molar-refractivity contribution is 5.94. The normalized spacial score (nSPS) is 11.1. The number of alkyl halides is 3. The number of carbonyl (C=O) groups excluding carboxylic acids is 2. The summed E-state index contributed by atoms with van der Waals surface area (Å²) < 4.78 is 41.1. The van der Waals surface area contributed by atoms with Gasteiger partial charge in [-0.25, -0.2) is 4.98 Å². The van der Waals surface area contributed by atoms with E-state index in [0.717, 1.165) is 0 Å². The molecule has 144 valence electrons. The third-order valence-corrected chi connectivity index (χ3v) is 3.49. The van der Waals surface area contributed by atoms with Crippen molar-refractivity contribution in [2.45, 2.75) is 32.5 Å². The first-order chi connectivity index (χ1) is 12.8. The summed E-state index contributed by atoms with van der Waals surface area (Å²) in [4.78, 5) is 31.5. The molecule has 0 bridgehead atoms. The molecule has 2 aromatic rings. The van der Waals surface area contributed by atoms with Crippen molar-refractivity contribution in [1.29, 1.82) is 0 Å². The minimum Gasteiger partial charge on any atom is -0.468 e. The largest absolute Gasteiger partial charge is 0.468 e. The lowest BCUT2D eigenvalue weighted by Gasteiger charge is -2.10. The first-order valence-corrected chi connectivity index (χ1v) is 8.16. The molecule has 27 heavy (non-hydrogen) atoms. The number of ether oxygens (including phenoxy) is 1. The highest BCUT2D eigenvalue weighted by atomic mass is 19.4. The van der Waals surface area contributed by atoms with Gasteiger partial charge in [-0.15, -0.1) is 0 Å². The minimum atomic E-state index is -4.45. The third kappa shape index (κ3) is 7.04. The number of aromatic nitrogens is 2. The van der Waals surface area contributed by atoms with Crippen LogP contribution in [-0.2, 0) is 17.8 Å². The molecule has 0 aromatic carbocycles. The second-order valence-electron chi connectivity index (χ2n) is 5.69. The fraction of sp³-hybridized carbons (Fsp3) is 0.333. The van der Waals surface area contributed by atoms with Crippen LogP contribution in [0.1, 0.15) is 35.0 Å². The third-order valence-electron chi connectivity index (χ3n) is 3.49. The molecule has 2 rings (SSSR count). The van der Waals surface area contributed by atoms with Gasteiger partial charge in [-0.2, -0.15) is 13.2 Å². The molecule has 0 fully saturated rings. The molecule has 0 aliphatic heterocycles. The SMILES string of the molecule is CCC(=O)Cc1cc(C(=O)NCc2ccnc(OCC(F)(F)F)c2)ccn1. The fourth-order valence-electron chi connectivity index (χ4n) is 2.12. The summed E-state index contributed by atoms with van der Waals surface area (Å²) in [6.07, 6.45) is -1.16. The van der Waals surface area contributed by atoms with Crippen LogP contribution in [0.3, 0.4) is 0 Å². The lowest BCUT2D eigenvalue weighted by atomic mass is 10.1. The van der Waals surface area contributed by atoms with E-state index in [1.165, 1.54) is 30.6 Å². The Morgan fingerprint density at radius 3 is 2.59 bits per heavy atom. The molecule has 1 N–H and O–H groups in total. The van der Waals surface area contributed by atoms with Gasteiger partial charge in [0.25, 0.3) is 5.91 Å². The molecule has 9 heteroatoms. The van der Waals surface area contributed by atoms with Gasteiger partial charge >= 0.3 is 6.18 Å². The molecule has 2 heterocycles. The lowest BCUT2D eigenvalue weighted by Crippen LogP contribution is -2.23. The molecule has 0 aliphatic rings. The zero-order valence-corrected chi connectivity index (χ0v) is 14.5. The molecule has 0 saturated carbocycles. The van der Waals surface area contributed by atoms with Crippen molar-refractivity contribution < 1.29 is 27.5 Å². The summed E-state index contributed by atoms with van der Waals surface area (Å²) >= 11 is 0. The van der Waals surface area contributed by atoms with Gasteiger partial charge in [0.15, 0.2) is 6.61 Å². The van der Waals surface area contributed by atoms with E-state index in [1.807, 2.05) is 0 Å². The zero-order valence-electron chi connectivity index (χ0n) is 14.5. The number of nitrogens with zero attached hydrogens (tertiary/aromatic N) is 2. The average molecular weight is 381 g/mol. The quantitative estimate of drug-likeness (QED) is 0.761. The number of rotatable bonds is 8. The van der Waals surface area contributed by atoms with E-state index in [-0.39, 0.29) is 24.6 Å². The number of pyridine rings is 2. The summed E-state index contributed by atoms with van der Waals surface area (Å²) in [5.74, 6) is -0.552. The lowest BCUT2D eigenvalue weighted by molar-refractivity contribution is -0.154. The molecule has 1 amide bonds. The Balaban J connectivity index is 1.95. The van der Waals surface area contributed by atoms with Gasteiger partial charge in [0, 0.05) is 49.1 Å². The standard InChI is InChI=1S/C18H18F3N3O3/c1-2-15(25)9-14-8-13(4-6-22-14)17(26)24-10-12-3-5-23-16(7-12)27-11-18(19,20)21/h3-8H,2,9-11H2,1H3,(H,24,26). The smallest absolute Gasteiger partial charge is 0.422 e. The zero-order chi connectivity index (χ0) is 19.9. The average Bonchev–Trinajstić information content (AvgIpc) is 2.64. The van der Waals surface area contributed by atoms with Crippen LogP contribution in [0.15, 0.2) is 36.7 Å². The number of hydrogen-bond acceptors (Lipinski definition) is 5. The Morgan fingerprint density at radius 1 is 1.15 bits per heavy atom. The van der Waals surface area contributed by atoms with Crippen LogP contribution in [-0.4, -0.2) is 34.4 Å². The summed E-state index contributed by atoms with van der Waals surface area (Å²) in [6.45, 7) is 0.391. The summed E-state index contributed by atoms with van der Waals surface area (Å²) in [5, 5.41) is 2.65. The van der Waals surface area contributed by atoms with Crippen LogP contribution >= 0.6 is 0 Å². The van der Waals surface area contributed by atoms with E-state index in [1.54, 1.807) is 13.0 Å². The molecular formula is C18H18F3N3O3. The van der Waals surface area contributed by atoms with Crippen molar-refractivity contribution in [3.63, 3.8) is 0 Å². The Labute approximate surface area is 153 Å². The van der Waals surface area contributed by atoms with Crippen molar-refractivity contribution in [1.82, 2.24) is 15.3 Å². The number of nitrogens with one attached hydrogen (secondary N) is 1.